The fourth-order valence-corrected chi connectivity index (χ4v) is 2.31. The fourth-order valence-electron chi connectivity index (χ4n) is 1.66. The Labute approximate surface area is 127 Å². The topological polar surface area (TPSA) is 28.7 Å². The third-order valence-electron chi connectivity index (χ3n) is 2.82. The first-order valence-electron chi connectivity index (χ1n) is 5.62. The van der Waals surface area contributed by atoms with Gasteiger partial charge >= 0.3 is 18.0 Å². The molecule has 0 atom stereocenters. The first-order valence-corrected chi connectivity index (χ1v) is 6.41. The highest BCUT2D eigenvalue weighted by Crippen LogP contribution is 2.53. The first kappa shape index (κ1) is 16.8. The molecule has 0 radical (unpaired) electrons. The van der Waals surface area contributed by atoms with Crippen molar-refractivity contribution in [1.29, 1.82) is 0 Å². The maximum absolute atomic E-state index is 13.6. The Kier molecular flexibility index (Phi) is 4.01. The number of nitrogens with one attached hydrogen (secondary N) is 1. The maximum atomic E-state index is 13.6. The van der Waals surface area contributed by atoms with E-state index in [0.29, 0.717) is 0 Å². The van der Waals surface area contributed by atoms with E-state index in [1.165, 1.54) is 24.3 Å². The average Bonchev–Trinajstić information content (AvgIpc) is 2.80. The van der Waals surface area contributed by atoms with Crippen LogP contribution < -0.4 is 0 Å². The molecule has 1 heterocycles. The number of hydrogen-bond donors (Lipinski definition) is 1. The molecule has 0 spiro atoms. The summed E-state index contributed by atoms with van der Waals surface area (Å²) in [5, 5.41) is 4.96. The van der Waals surface area contributed by atoms with Crippen molar-refractivity contribution >= 4 is 15.9 Å². The fraction of sp³-hybridized carbons (Fsp3) is 0.250. The minimum atomic E-state index is -6.41. The highest BCUT2D eigenvalue weighted by atomic mass is 79.9. The predicted molar refractivity (Wildman–Crippen MR) is 66.6 cm³/mol. The van der Waals surface area contributed by atoms with Gasteiger partial charge in [0.05, 0.1) is 4.47 Å². The lowest BCUT2D eigenvalue weighted by Crippen LogP contribution is -2.50. The van der Waals surface area contributed by atoms with Gasteiger partial charge in [-0.2, -0.15) is 35.8 Å². The summed E-state index contributed by atoms with van der Waals surface area (Å²) in [4.78, 5) is 0. The van der Waals surface area contributed by atoms with Crippen LogP contribution in [0.3, 0.4) is 0 Å². The number of aromatic amines is 1. The molecule has 2 rings (SSSR count). The lowest BCUT2D eigenvalue weighted by Gasteiger charge is -2.27. The Hall–Kier alpha value is -1.58. The minimum absolute atomic E-state index is 0.201. The van der Waals surface area contributed by atoms with E-state index < -0.39 is 28.2 Å². The molecule has 0 saturated heterocycles. The molecule has 0 aliphatic rings. The number of halogens is 8. The van der Waals surface area contributed by atoms with Crippen molar-refractivity contribution in [3.63, 3.8) is 0 Å². The van der Waals surface area contributed by atoms with E-state index in [2.05, 4.69) is 21.0 Å². The molecule has 10 heteroatoms. The molecule has 0 aliphatic heterocycles. The summed E-state index contributed by atoms with van der Waals surface area (Å²) in [5.74, 6) is -11.8. The Morgan fingerprint density at radius 3 is 1.95 bits per heavy atom. The monoisotopic (exact) mass is 390 g/mol. The standard InChI is InChI=1S/C12H6BrF7N2/c13-7-8(6-4-2-1-3-5-6)21-22-9(7)10(14,15)11(16,17)12(18,19)20/h1-5H,(H,21,22). The van der Waals surface area contributed by atoms with E-state index in [1.54, 1.807) is 11.2 Å². The summed E-state index contributed by atoms with van der Waals surface area (Å²) in [5.41, 5.74) is -1.58. The van der Waals surface area contributed by atoms with Crippen LogP contribution in [0.15, 0.2) is 34.8 Å². The number of hydrogen-bond acceptors (Lipinski definition) is 1. The second-order valence-electron chi connectivity index (χ2n) is 4.27. The molecule has 22 heavy (non-hydrogen) atoms. The largest absolute Gasteiger partial charge is 0.460 e. The summed E-state index contributed by atoms with van der Waals surface area (Å²) in [6, 6.07) is 7.53. The van der Waals surface area contributed by atoms with Crippen LogP contribution in [0.1, 0.15) is 5.69 Å². The van der Waals surface area contributed by atoms with Crippen LogP contribution in [0.2, 0.25) is 0 Å². The van der Waals surface area contributed by atoms with Crippen LogP contribution in [0.25, 0.3) is 11.3 Å². The highest BCUT2D eigenvalue weighted by Gasteiger charge is 2.74. The summed E-state index contributed by atoms with van der Waals surface area (Å²) < 4.78 is 89.3. The van der Waals surface area contributed by atoms with Gasteiger partial charge in [-0.1, -0.05) is 30.3 Å². The van der Waals surface area contributed by atoms with Crippen molar-refractivity contribution in [1.82, 2.24) is 10.2 Å². The zero-order chi connectivity index (χ0) is 16.8. The molecule has 0 fully saturated rings. The van der Waals surface area contributed by atoms with Gasteiger partial charge in [0, 0.05) is 5.56 Å². The van der Waals surface area contributed by atoms with Crippen molar-refractivity contribution in [3.05, 3.63) is 40.5 Å². The van der Waals surface area contributed by atoms with Gasteiger partial charge in [-0.25, -0.2) is 0 Å². The van der Waals surface area contributed by atoms with Gasteiger partial charge in [-0.3, -0.25) is 5.10 Å². The van der Waals surface area contributed by atoms with Gasteiger partial charge in [0.2, 0.25) is 0 Å². The SMILES string of the molecule is FC(F)(F)C(F)(F)C(F)(F)c1[nH]nc(-c2ccccc2)c1Br. The maximum Gasteiger partial charge on any atom is 0.460 e. The van der Waals surface area contributed by atoms with Crippen LogP contribution in [0.5, 0.6) is 0 Å². The zero-order valence-electron chi connectivity index (χ0n) is 10.4. The van der Waals surface area contributed by atoms with Gasteiger partial charge < -0.3 is 0 Å². The van der Waals surface area contributed by atoms with Crippen LogP contribution in [0.4, 0.5) is 30.7 Å². The molecule has 0 aliphatic carbocycles. The molecule has 1 aromatic heterocycles. The molecule has 120 valence electrons. The Bertz CT molecular complexity index is 664. The predicted octanol–water partition coefficient (Wildman–Crippen LogP) is 5.13. The molecule has 1 N–H and O–H groups in total. The lowest BCUT2D eigenvalue weighted by molar-refractivity contribution is -0.360. The second kappa shape index (κ2) is 5.25. The second-order valence-corrected chi connectivity index (χ2v) is 5.07. The molecule has 2 nitrogen and oxygen atoms in total. The van der Waals surface area contributed by atoms with Crippen molar-refractivity contribution in [2.24, 2.45) is 0 Å². The number of rotatable bonds is 3. The van der Waals surface area contributed by atoms with Gasteiger partial charge in [-0.05, 0) is 15.9 Å². The van der Waals surface area contributed by atoms with Crippen molar-refractivity contribution < 1.29 is 30.7 Å². The minimum Gasteiger partial charge on any atom is -0.274 e. The molecule has 0 saturated carbocycles. The molecule has 2 aromatic rings. The van der Waals surface area contributed by atoms with Gasteiger partial charge in [0.15, 0.2) is 0 Å². The van der Waals surface area contributed by atoms with Crippen molar-refractivity contribution in [2.75, 3.05) is 0 Å². The van der Waals surface area contributed by atoms with Crippen molar-refractivity contribution in [3.8, 4) is 11.3 Å². The normalized spacial score (nSPS) is 13.5. The summed E-state index contributed by atoms with van der Waals surface area (Å²) in [6.45, 7) is 0. The molecule has 0 unspecified atom stereocenters. The van der Waals surface area contributed by atoms with E-state index in [9.17, 15) is 30.7 Å². The van der Waals surface area contributed by atoms with Crippen LogP contribution in [0, 0.1) is 0 Å². The number of benzene rings is 1. The van der Waals surface area contributed by atoms with E-state index in [4.69, 9.17) is 0 Å². The van der Waals surface area contributed by atoms with Crippen LogP contribution in [-0.4, -0.2) is 22.3 Å². The quantitative estimate of drug-likeness (QED) is 0.723. The summed E-state index contributed by atoms with van der Waals surface area (Å²) >= 11 is 2.61. The smallest absolute Gasteiger partial charge is 0.274 e. The number of nitrogens with zero attached hydrogens (tertiary/aromatic N) is 1. The van der Waals surface area contributed by atoms with Gasteiger partial charge in [-0.15, -0.1) is 0 Å². The average molecular weight is 391 g/mol. The summed E-state index contributed by atoms with van der Waals surface area (Å²) in [7, 11) is 0. The van der Waals surface area contributed by atoms with Crippen LogP contribution >= 0.6 is 15.9 Å². The van der Waals surface area contributed by atoms with Gasteiger partial charge in [0.25, 0.3) is 0 Å². The third kappa shape index (κ3) is 2.49. The molecule has 0 amide bonds. The number of H-pyrrole nitrogens is 1. The molecule has 0 bridgehead atoms. The Morgan fingerprint density at radius 2 is 1.45 bits per heavy atom. The molecular formula is C12H6BrF7N2. The molecule has 1 aromatic carbocycles. The Morgan fingerprint density at radius 1 is 0.909 bits per heavy atom. The lowest BCUT2D eigenvalue weighted by atomic mass is 10.1. The highest BCUT2D eigenvalue weighted by molar-refractivity contribution is 9.10. The van der Waals surface area contributed by atoms with Crippen LogP contribution in [-0.2, 0) is 5.92 Å². The van der Waals surface area contributed by atoms with E-state index >= 15 is 0 Å². The first-order chi connectivity index (χ1) is 10.00. The number of alkyl halides is 7. The Balaban J connectivity index is 2.53. The van der Waals surface area contributed by atoms with E-state index in [1.807, 2.05) is 0 Å². The third-order valence-corrected chi connectivity index (χ3v) is 3.59. The van der Waals surface area contributed by atoms with E-state index in [0.717, 1.165) is 0 Å². The molecular weight excluding hydrogens is 385 g/mol. The number of aromatic nitrogens is 2. The van der Waals surface area contributed by atoms with E-state index in [-0.39, 0.29) is 11.3 Å². The zero-order valence-corrected chi connectivity index (χ0v) is 11.9. The van der Waals surface area contributed by atoms with Gasteiger partial charge in [0.1, 0.15) is 11.4 Å². The van der Waals surface area contributed by atoms with Crippen molar-refractivity contribution in [2.45, 2.75) is 18.0 Å². The summed E-state index contributed by atoms with van der Waals surface area (Å²) in [6.07, 6.45) is -6.41.